The zero-order valence-electron chi connectivity index (χ0n) is 8.93. The third-order valence-electron chi connectivity index (χ3n) is 2.48. The molecule has 1 aliphatic carbocycles. The number of nitrogen functional groups attached to an aromatic ring is 1. The van der Waals surface area contributed by atoms with E-state index in [1.54, 1.807) is 0 Å². The summed E-state index contributed by atoms with van der Waals surface area (Å²) in [5.41, 5.74) is 5.60. The summed E-state index contributed by atoms with van der Waals surface area (Å²) in [5.74, 6) is 0.245. The van der Waals surface area contributed by atoms with Gasteiger partial charge in [-0.05, 0) is 24.4 Å². The van der Waals surface area contributed by atoms with Gasteiger partial charge in [-0.3, -0.25) is 9.79 Å². The van der Waals surface area contributed by atoms with Gasteiger partial charge in [-0.25, -0.2) is 0 Å². The van der Waals surface area contributed by atoms with E-state index in [4.69, 9.17) is 17.3 Å². The Kier molecular flexibility index (Phi) is 5.30. The molecule has 5 nitrogen and oxygen atoms in total. The zero-order chi connectivity index (χ0) is 11.5. The summed E-state index contributed by atoms with van der Waals surface area (Å²) in [5, 5.41) is -0.309. The molecule has 0 amide bonds. The summed E-state index contributed by atoms with van der Waals surface area (Å²) in [6, 6.07) is 0.169. The van der Waals surface area contributed by atoms with Gasteiger partial charge in [0.1, 0.15) is 0 Å². The summed E-state index contributed by atoms with van der Waals surface area (Å²) >= 11 is 6.51. The van der Waals surface area contributed by atoms with Crippen LogP contribution in [0.3, 0.4) is 0 Å². The highest BCUT2D eigenvalue weighted by molar-refractivity contribution is 7.09. The monoisotopic (exact) mass is 294 g/mol. The molecule has 0 aliphatic heterocycles. The van der Waals surface area contributed by atoms with Crippen LogP contribution in [0.15, 0.2) is 4.99 Å². The number of nitrogens with zero attached hydrogens (tertiary/aromatic N) is 3. The second kappa shape index (κ2) is 6.28. The Morgan fingerprint density at radius 1 is 1.47 bits per heavy atom. The molecule has 0 spiro atoms. The highest BCUT2D eigenvalue weighted by Gasteiger charge is 2.21. The van der Waals surface area contributed by atoms with Gasteiger partial charge in [0.15, 0.2) is 16.7 Å². The van der Waals surface area contributed by atoms with Gasteiger partial charge in [-0.15, -0.1) is 12.4 Å². The Morgan fingerprint density at radius 3 is 2.59 bits per heavy atom. The summed E-state index contributed by atoms with van der Waals surface area (Å²) in [4.78, 5) is 19.5. The van der Waals surface area contributed by atoms with Gasteiger partial charge in [0, 0.05) is 11.5 Å². The normalized spacial score (nSPS) is 16.9. The quantitative estimate of drug-likeness (QED) is 0.683. The Hall–Kier alpha value is -0.720. The molecule has 94 valence electrons. The second-order valence-corrected chi connectivity index (χ2v) is 4.77. The van der Waals surface area contributed by atoms with Crippen LogP contribution < -0.4 is 5.73 Å². The maximum Gasteiger partial charge on any atom is 0.274 e. The van der Waals surface area contributed by atoms with E-state index in [0.29, 0.717) is 5.13 Å². The van der Waals surface area contributed by atoms with Crippen molar-refractivity contribution >= 4 is 51.6 Å². The Bertz CT molecular complexity index is 428. The van der Waals surface area contributed by atoms with Gasteiger partial charge in [0.05, 0.1) is 6.04 Å². The predicted octanol–water partition coefficient (Wildman–Crippen LogP) is 2.04. The first kappa shape index (κ1) is 14.3. The van der Waals surface area contributed by atoms with E-state index in [2.05, 4.69) is 14.3 Å². The average Bonchev–Trinajstić information content (AvgIpc) is 2.84. The van der Waals surface area contributed by atoms with Crippen molar-refractivity contribution in [1.29, 1.82) is 0 Å². The SMILES string of the molecule is Cl.Nc1nc(/C(=N/C2CCCC2)C(=O)Cl)ns1. The average molecular weight is 295 g/mol. The van der Waals surface area contributed by atoms with Crippen molar-refractivity contribution in [3.63, 3.8) is 0 Å². The van der Waals surface area contributed by atoms with Gasteiger partial charge in [0.2, 0.25) is 0 Å². The minimum Gasteiger partial charge on any atom is -0.374 e. The van der Waals surface area contributed by atoms with E-state index in [1.807, 2.05) is 0 Å². The number of nitrogens with two attached hydrogens (primary N) is 1. The Labute approximate surface area is 114 Å². The first-order chi connectivity index (χ1) is 7.66. The van der Waals surface area contributed by atoms with Gasteiger partial charge >= 0.3 is 0 Å². The Morgan fingerprint density at radius 2 is 2.12 bits per heavy atom. The number of aliphatic imine (C=N–C) groups is 1. The third kappa shape index (κ3) is 3.62. The van der Waals surface area contributed by atoms with Crippen LogP contribution in [0.5, 0.6) is 0 Å². The number of carbonyl (C=O) groups excluding carboxylic acids is 1. The molecule has 2 rings (SSSR count). The fourth-order valence-electron chi connectivity index (χ4n) is 1.74. The minimum atomic E-state index is -0.621. The maximum atomic E-state index is 11.3. The molecule has 1 fully saturated rings. The van der Waals surface area contributed by atoms with E-state index < -0.39 is 5.24 Å². The largest absolute Gasteiger partial charge is 0.374 e. The van der Waals surface area contributed by atoms with Crippen LogP contribution in [0, 0.1) is 0 Å². The predicted molar refractivity (Wildman–Crippen MR) is 71.2 cm³/mol. The molecule has 1 aliphatic rings. The van der Waals surface area contributed by atoms with Gasteiger partial charge in [0.25, 0.3) is 5.24 Å². The van der Waals surface area contributed by atoms with Crippen molar-refractivity contribution < 1.29 is 4.79 Å². The molecule has 1 aromatic heterocycles. The molecule has 0 aromatic carbocycles. The van der Waals surface area contributed by atoms with E-state index >= 15 is 0 Å². The van der Waals surface area contributed by atoms with Crippen LogP contribution in [0.4, 0.5) is 5.13 Å². The van der Waals surface area contributed by atoms with E-state index in [0.717, 1.165) is 37.2 Å². The molecule has 0 unspecified atom stereocenters. The van der Waals surface area contributed by atoms with Crippen LogP contribution in [0.2, 0.25) is 0 Å². The van der Waals surface area contributed by atoms with Crippen LogP contribution in [-0.4, -0.2) is 26.4 Å². The lowest BCUT2D eigenvalue weighted by Crippen LogP contribution is -2.15. The standard InChI is InChI=1S/C9H11ClN4OS.ClH/c10-7(15)6(8-13-9(11)16-14-8)12-5-3-1-2-4-5;/h5H,1-4H2,(H2,11,13,14);1H/b12-6+;. The van der Waals surface area contributed by atoms with E-state index in [1.165, 1.54) is 0 Å². The molecule has 1 saturated carbocycles. The highest BCUT2D eigenvalue weighted by Crippen LogP contribution is 2.22. The summed E-state index contributed by atoms with van der Waals surface area (Å²) in [6.45, 7) is 0. The lowest BCUT2D eigenvalue weighted by atomic mass is 10.2. The molecule has 0 atom stereocenters. The number of rotatable bonds is 3. The van der Waals surface area contributed by atoms with Gasteiger partial charge in [-0.1, -0.05) is 12.8 Å². The molecule has 2 N–H and O–H groups in total. The first-order valence-corrected chi connectivity index (χ1v) is 6.19. The summed E-state index contributed by atoms with van der Waals surface area (Å²) in [6.07, 6.45) is 4.27. The third-order valence-corrected chi connectivity index (χ3v) is 3.20. The molecular weight excluding hydrogens is 283 g/mol. The Balaban J connectivity index is 0.00000144. The molecule has 1 heterocycles. The highest BCUT2D eigenvalue weighted by atomic mass is 35.5. The van der Waals surface area contributed by atoms with Crippen molar-refractivity contribution in [2.45, 2.75) is 31.7 Å². The lowest BCUT2D eigenvalue weighted by Gasteiger charge is -2.03. The number of halogens is 2. The van der Waals surface area contributed by atoms with E-state index in [-0.39, 0.29) is 30.0 Å². The second-order valence-electron chi connectivity index (χ2n) is 3.65. The summed E-state index contributed by atoms with van der Waals surface area (Å²) in [7, 11) is 0. The smallest absolute Gasteiger partial charge is 0.274 e. The van der Waals surface area contributed by atoms with Crippen LogP contribution in [0.25, 0.3) is 0 Å². The maximum absolute atomic E-state index is 11.3. The van der Waals surface area contributed by atoms with E-state index in [9.17, 15) is 4.79 Å². The molecule has 0 radical (unpaired) electrons. The number of hydrogen-bond donors (Lipinski definition) is 1. The molecule has 17 heavy (non-hydrogen) atoms. The number of hydrogen-bond acceptors (Lipinski definition) is 6. The number of anilines is 1. The molecule has 1 aromatic rings. The first-order valence-electron chi connectivity index (χ1n) is 5.04. The minimum absolute atomic E-state index is 0. The van der Waals surface area contributed by atoms with Crippen LogP contribution >= 0.6 is 35.5 Å². The fraction of sp³-hybridized carbons (Fsp3) is 0.556. The molecule has 8 heteroatoms. The molecule has 0 saturated heterocycles. The van der Waals surface area contributed by atoms with Crippen LogP contribution in [0.1, 0.15) is 31.5 Å². The lowest BCUT2D eigenvalue weighted by molar-refractivity contribution is -0.106. The van der Waals surface area contributed by atoms with Crippen LogP contribution in [-0.2, 0) is 4.79 Å². The van der Waals surface area contributed by atoms with Gasteiger partial charge < -0.3 is 5.73 Å². The van der Waals surface area contributed by atoms with Gasteiger partial charge in [-0.2, -0.15) is 9.36 Å². The molecule has 0 bridgehead atoms. The van der Waals surface area contributed by atoms with Crippen molar-refractivity contribution in [3.8, 4) is 0 Å². The topological polar surface area (TPSA) is 81.2 Å². The zero-order valence-corrected chi connectivity index (χ0v) is 11.3. The molecular formula is C9H12Cl2N4OS. The van der Waals surface area contributed by atoms with Crippen molar-refractivity contribution in [2.24, 2.45) is 4.99 Å². The summed E-state index contributed by atoms with van der Waals surface area (Å²) < 4.78 is 3.95. The number of carbonyl (C=O) groups is 1. The van der Waals surface area contributed by atoms with Crippen molar-refractivity contribution in [1.82, 2.24) is 9.36 Å². The van der Waals surface area contributed by atoms with Crippen molar-refractivity contribution in [2.75, 3.05) is 5.73 Å². The fourth-order valence-corrected chi connectivity index (χ4v) is 2.31. The van der Waals surface area contributed by atoms with Crippen molar-refractivity contribution in [3.05, 3.63) is 5.82 Å². The number of aromatic nitrogens is 2.